The van der Waals surface area contributed by atoms with Crippen LogP contribution in [-0.4, -0.2) is 7.11 Å². The Morgan fingerprint density at radius 3 is 2.55 bits per heavy atom. The molecule has 0 unspecified atom stereocenters. The lowest BCUT2D eigenvalue weighted by Crippen LogP contribution is -1.99. The van der Waals surface area contributed by atoms with Crippen LogP contribution in [0, 0.1) is 11.3 Å². The second-order valence-electron chi connectivity index (χ2n) is 4.00. The van der Waals surface area contributed by atoms with Gasteiger partial charge in [-0.15, -0.1) is 0 Å². The fraction of sp³-hybridized carbons (Fsp3) is 0.133. The molecule has 0 saturated carbocycles. The lowest BCUT2D eigenvalue weighted by atomic mass is 10.2. The molecule has 0 spiro atoms. The van der Waals surface area contributed by atoms with Gasteiger partial charge < -0.3 is 9.47 Å². The van der Waals surface area contributed by atoms with Crippen LogP contribution in [0.2, 0.25) is 10.0 Å². The molecule has 0 amide bonds. The average molecular weight is 308 g/mol. The fourth-order valence-electron chi connectivity index (χ4n) is 1.65. The van der Waals surface area contributed by atoms with Crippen LogP contribution in [0.4, 0.5) is 0 Å². The maximum absolute atomic E-state index is 8.90. The third-order valence-electron chi connectivity index (χ3n) is 2.69. The van der Waals surface area contributed by atoms with Gasteiger partial charge in [-0.3, -0.25) is 0 Å². The first kappa shape index (κ1) is 14.5. The lowest BCUT2D eigenvalue weighted by molar-refractivity contribution is 0.284. The summed E-state index contributed by atoms with van der Waals surface area (Å²) >= 11 is 11.9. The number of nitriles is 1. The molecule has 0 saturated heterocycles. The van der Waals surface area contributed by atoms with Crippen molar-refractivity contribution in [2.24, 2.45) is 0 Å². The number of nitrogens with zero attached hydrogens (tertiary/aromatic N) is 1. The van der Waals surface area contributed by atoms with Crippen molar-refractivity contribution in [1.82, 2.24) is 0 Å². The molecule has 0 fully saturated rings. The summed E-state index contributed by atoms with van der Waals surface area (Å²) in [6, 6.07) is 12.2. The highest BCUT2D eigenvalue weighted by Crippen LogP contribution is 2.30. The molecule has 0 aliphatic rings. The Labute approximate surface area is 127 Å². The second kappa shape index (κ2) is 6.51. The maximum atomic E-state index is 8.90. The molecule has 0 aromatic heterocycles. The molecular weight excluding hydrogens is 297 g/mol. The van der Waals surface area contributed by atoms with Crippen LogP contribution in [0.25, 0.3) is 0 Å². The summed E-state index contributed by atoms with van der Waals surface area (Å²) in [4.78, 5) is 0. The van der Waals surface area contributed by atoms with Crippen LogP contribution in [0.1, 0.15) is 11.1 Å². The minimum atomic E-state index is 0.265. The van der Waals surface area contributed by atoms with Crippen LogP contribution < -0.4 is 9.47 Å². The highest BCUT2D eigenvalue weighted by Gasteiger charge is 2.08. The molecule has 0 radical (unpaired) electrons. The first-order valence-corrected chi connectivity index (χ1v) is 6.54. The summed E-state index contributed by atoms with van der Waals surface area (Å²) in [6.45, 7) is 0.265. The van der Waals surface area contributed by atoms with Crippen molar-refractivity contribution < 1.29 is 9.47 Å². The summed E-state index contributed by atoms with van der Waals surface area (Å²) in [5.74, 6) is 1.06. The molecule has 0 aliphatic heterocycles. The summed E-state index contributed by atoms with van der Waals surface area (Å²) in [5.41, 5.74) is 1.31. The first-order valence-electron chi connectivity index (χ1n) is 5.79. The SMILES string of the molecule is COc1ccc(C#N)cc1OCc1ccc(Cl)cc1Cl. The number of benzene rings is 2. The summed E-state index contributed by atoms with van der Waals surface area (Å²) in [5, 5.41) is 10.0. The van der Waals surface area contributed by atoms with Gasteiger partial charge in [-0.05, 0) is 24.3 Å². The minimum absolute atomic E-state index is 0.265. The third kappa shape index (κ3) is 3.36. The summed E-state index contributed by atoms with van der Waals surface area (Å²) in [7, 11) is 1.55. The normalized spacial score (nSPS) is 9.90. The molecule has 2 aromatic carbocycles. The number of hydrogen-bond donors (Lipinski definition) is 0. The highest BCUT2D eigenvalue weighted by molar-refractivity contribution is 6.35. The lowest BCUT2D eigenvalue weighted by Gasteiger charge is -2.11. The number of rotatable bonds is 4. The Bertz CT molecular complexity index is 665. The number of ether oxygens (including phenoxy) is 2. The fourth-order valence-corrected chi connectivity index (χ4v) is 2.12. The Morgan fingerprint density at radius 2 is 1.90 bits per heavy atom. The molecule has 3 nitrogen and oxygen atoms in total. The van der Waals surface area contributed by atoms with Crippen LogP contribution in [0.15, 0.2) is 36.4 Å². The van der Waals surface area contributed by atoms with Crippen LogP contribution in [0.5, 0.6) is 11.5 Å². The van der Waals surface area contributed by atoms with Crippen molar-refractivity contribution in [3.63, 3.8) is 0 Å². The van der Waals surface area contributed by atoms with Gasteiger partial charge in [0, 0.05) is 21.7 Å². The van der Waals surface area contributed by atoms with Crippen LogP contribution >= 0.6 is 23.2 Å². The average Bonchev–Trinajstić information content (AvgIpc) is 2.46. The van der Waals surface area contributed by atoms with E-state index in [0.717, 1.165) is 5.56 Å². The van der Waals surface area contributed by atoms with Gasteiger partial charge in [-0.1, -0.05) is 29.3 Å². The Hall–Kier alpha value is -1.89. The zero-order valence-corrected chi connectivity index (χ0v) is 12.2. The van der Waals surface area contributed by atoms with Gasteiger partial charge >= 0.3 is 0 Å². The molecule has 2 rings (SSSR count). The monoisotopic (exact) mass is 307 g/mol. The van der Waals surface area contributed by atoms with Gasteiger partial charge in [0.25, 0.3) is 0 Å². The predicted octanol–water partition coefficient (Wildman–Crippen LogP) is 4.45. The third-order valence-corrected chi connectivity index (χ3v) is 3.28. The first-order chi connectivity index (χ1) is 9.63. The maximum Gasteiger partial charge on any atom is 0.162 e. The van der Waals surface area contributed by atoms with E-state index in [0.29, 0.717) is 27.1 Å². The number of methoxy groups -OCH3 is 1. The summed E-state index contributed by atoms with van der Waals surface area (Å²) in [6.07, 6.45) is 0. The highest BCUT2D eigenvalue weighted by atomic mass is 35.5. The van der Waals surface area contributed by atoms with Crippen molar-refractivity contribution in [2.45, 2.75) is 6.61 Å². The van der Waals surface area contributed by atoms with Gasteiger partial charge in [0.15, 0.2) is 11.5 Å². The zero-order chi connectivity index (χ0) is 14.5. The van der Waals surface area contributed by atoms with E-state index in [1.807, 2.05) is 0 Å². The van der Waals surface area contributed by atoms with Gasteiger partial charge in [0.05, 0.1) is 18.7 Å². The summed E-state index contributed by atoms with van der Waals surface area (Å²) < 4.78 is 10.9. The van der Waals surface area contributed by atoms with Gasteiger partial charge in [0.2, 0.25) is 0 Å². The van der Waals surface area contributed by atoms with Crippen LogP contribution in [-0.2, 0) is 6.61 Å². The van der Waals surface area contributed by atoms with E-state index in [1.54, 1.807) is 43.5 Å². The Kier molecular flexibility index (Phi) is 4.73. The molecule has 0 N–H and O–H groups in total. The van der Waals surface area contributed by atoms with Crippen molar-refractivity contribution in [2.75, 3.05) is 7.11 Å². The van der Waals surface area contributed by atoms with E-state index in [9.17, 15) is 0 Å². The molecule has 5 heteroatoms. The molecule has 2 aromatic rings. The van der Waals surface area contributed by atoms with Gasteiger partial charge in [-0.2, -0.15) is 5.26 Å². The van der Waals surface area contributed by atoms with Crippen molar-refractivity contribution in [3.8, 4) is 17.6 Å². The largest absolute Gasteiger partial charge is 0.493 e. The van der Waals surface area contributed by atoms with E-state index >= 15 is 0 Å². The standard InChI is InChI=1S/C15H11Cl2NO2/c1-19-14-5-2-10(8-18)6-15(14)20-9-11-3-4-12(16)7-13(11)17/h2-7H,9H2,1H3. The van der Waals surface area contributed by atoms with Gasteiger partial charge in [0.1, 0.15) is 6.61 Å². The predicted molar refractivity (Wildman–Crippen MR) is 78.5 cm³/mol. The molecule has 0 bridgehead atoms. The molecular formula is C15H11Cl2NO2. The molecule has 0 heterocycles. The number of halogens is 2. The second-order valence-corrected chi connectivity index (χ2v) is 4.85. The molecule has 102 valence electrons. The van der Waals surface area contributed by atoms with E-state index in [1.165, 1.54) is 0 Å². The topological polar surface area (TPSA) is 42.2 Å². The van der Waals surface area contributed by atoms with E-state index in [4.69, 9.17) is 37.9 Å². The number of hydrogen-bond acceptors (Lipinski definition) is 3. The Balaban J connectivity index is 2.20. The molecule has 0 aliphatic carbocycles. The smallest absolute Gasteiger partial charge is 0.162 e. The molecule has 20 heavy (non-hydrogen) atoms. The zero-order valence-electron chi connectivity index (χ0n) is 10.7. The minimum Gasteiger partial charge on any atom is -0.493 e. The molecule has 0 atom stereocenters. The van der Waals surface area contributed by atoms with E-state index in [2.05, 4.69) is 6.07 Å². The van der Waals surface area contributed by atoms with Crippen molar-refractivity contribution >= 4 is 23.2 Å². The van der Waals surface area contributed by atoms with E-state index in [-0.39, 0.29) is 6.61 Å². The van der Waals surface area contributed by atoms with Gasteiger partial charge in [-0.25, -0.2) is 0 Å². The van der Waals surface area contributed by atoms with E-state index < -0.39 is 0 Å². The van der Waals surface area contributed by atoms with Crippen molar-refractivity contribution in [3.05, 3.63) is 57.6 Å². The Morgan fingerprint density at radius 1 is 1.10 bits per heavy atom. The quantitative estimate of drug-likeness (QED) is 0.838. The van der Waals surface area contributed by atoms with Crippen LogP contribution in [0.3, 0.4) is 0 Å². The van der Waals surface area contributed by atoms with Crippen molar-refractivity contribution in [1.29, 1.82) is 5.26 Å².